The fourth-order valence-electron chi connectivity index (χ4n) is 4.15. The first-order valence-corrected chi connectivity index (χ1v) is 11.5. The molecule has 190 valence electrons. The lowest BCUT2D eigenvalue weighted by Crippen LogP contribution is -2.49. The molecule has 0 saturated carbocycles. The van der Waals surface area contributed by atoms with Gasteiger partial charge >= 0.3 is 18.2 Å². The Bertz CT molecular complexity index is 1520. The highest BCUT2D eigenvalue weighted by Crippen LogP contribution is 2.47. The van der Waals surface area contributed by atoms with Crippen LogP contribution in [0.4, 0.5) is 23.9 Å². The Hall–Kier alpha value is -4.46. The second kappa shape index (κ2) is 8.89. The lowest BCUT2D eigenvalue weighted by atomic mass is 9.93. The summed E-state index contributed by atoms with van der Waals surface area (Å²) >= 11 is 1.19. The monoisotopic (exact) mass is 531 g/mol. The van der Waals surface area contributed by atoms with E-state index in [0.717, 1.165) is 4.90 Å². The third kappa shape index (κ3) is 4.14. The second-order valence-electron chi connectivity index (χ2n) is 7.83. The summed E-state index contributed by atoms with van der Waals surface area (Å²) in [6, 6.07) is 10.2. The number of carbonyl (C=O) groups excluding carboxylic acids is 3. The Morgan fingerprint density at radius 1 is 1.22 bits per heavy atom. The molecule has 2 aromatic carbocycles. The van der Waals surface area contributed by atoms with E-state index >= 15 is 0 Å². The average Bonchev–Trinajstić information content (AvgIpc) is 3.58. The van der Waals surface area contributed by atoms with Crippen LogP contribution < -0.4 is 5.32 Å². The first-order chi connectivity index (χ1) is 17.6. The van der Waals surface area contributed by atoms with Gasteiger partial charge in [-0.05, 0) is 18.2 Å². The molecule has 0 radical (unpaired) electrons. The van der Waals surface area contributed by atoms with Gasteiger partial charge in [-0.2, -0.15) is 13.2 Å². The quantitative estimate of drug-likeness (QED) is 0.370. The molecule has 5 rings (SSSR count). The van der Waals surface area contributed by atoms with E-state index in [1.165, 1.54) is 61.0 Å². The number of esters is 1. The number of methoxy groups -OCH3 is 1. The van der Waals surface area contributed by atoms with Gasteiger partial charge in [0, 0.05) is 28.3 Å². The molecule has 3 heterocycles. The van der Waals surface area contributed by atoms with Crippen molar-refractivity contribution in [2.24, 2.45) is 0 Å². The number of anilines is 1. The van der Waals surface area contributed by atoms with Crippen LogP contribution in [0.3, 0.4) is 0 Å². The number of nitrogens with one attached hydrogen (secondary N) is 2. The van der Waals surface area contributed by atoms with Crippen molar-refractivity contribution in [1.29, 1.82) is 0 Å². The summed E-state index contributed by atoms with van der Waals surface area (Å²) in [7, 11) is 1.17. The highest BCUT2D eigenvalue weighted by molar-refractivity contribution is 7.09. The molecule has 0 saturated heterocycles. The minimum Gasteiger partial charge on any atom is -0.453 e. The van der Waals surface area contributed by atoms with Gasteiger partial charge in [0.25, 0.3) is 5.91 Å². The Morgan fingerprint density at radius 3 is 2.70 bits per heavy atom. The zero-order chi connectivity index (χ0) is 26.4. The number of alkyl halides is 3. The summed E-state index contributed by atoms with van der Waals surface area (Å²) in [5, 5.41) is 4.43. The van der Waals surface area contributed by atoms with Crippen molar-refractivity contribution in [3.8, 4) is 0 Å². The van der Waals surface area contributed by atoms with Gasteiger partial charge in [-0.3, -0.25) is 15.0 Å². The number of amides is 2. The SMILES string of the molecule is COC(=O)Nc1nc2ccc(C3(OC(=O)C(F)(F)F)c4ccccc4C(=O)N3Cc3nccs3)cc2[nH]1. The highest BCUT2D eigenvalue weighted by Gasteiger charge is 2.57. The summed E-state index contributed by atoms with van der Waals surface area (Å²) in [6.07, 6.45) is -4.64. The zero-order valence-corrected chi connectivity index (χ0v) is 19.6. The van der Waals surface area contributed by atoms with Crippen molar-refractivity contribution < 1.29 is 37.0 Å². The molecule has 1 atom stereocenters. The average molecular weight is 531 g/mol. The first kappa shape index (κ1) is 24.2. The number of fused-ring (bicyclic) bond motifs is 2. The summed E-state index contributed by atoms with van der Waals surface area (Å²) < 4.78 is 50.3. The van der Waals surface area contributed by atoms with E-state index in [4.69, 9.17) is 4.74 Å². The molecule has 14 heteroatoms. The number of nitrogens with zero attached hydrogens (tertiary/aromatic N) is 3. The van der Waals surface area contributed by atoms with Crippen molar-refractivity contribution in [3.63, 3.8) is 0 Å². The topological polar surface area (TPSA) is 127 Å². The van der Waals surface area contributed by atoms with Crippen LogP contribution in [-0.4, -0.2) is 51.1 Å². The first-order valence-electron chi connectivity index (χ1n) is 10.6. The molecule has 1 aliphatic rings. The molecule has 0 aliphatic carbocycles. The Morgan fingerprint density at radius 2 is 2.00 bits per heavy atom. The third-order valence-electron chi connectivity index (χ3n) is 5.68. The molecule has 2 aromatic heterocycles. The number of hydrogen-bond acceptors (Lipinski definition) is 8. The fraction of sp³-hybridized carbons (Fsp3) is 0.174. The Labute approximate surface area is 210 Å². The van der Waals surface area contributed by atoms with Crippen molar-refractivity contribution >= 4 is 46.3 Å². The van der Waals surface area contributed by atoms with Crippen LogP contribution >= 0.6 is 11.3 Å². The Balaban J connectivity index is 1.72. The number of carbonyl (C=O) groups is 3. The lowest BCUT2D eigenvalue weighted by Gasteiger charge is -2.38. The van der Waals surface area contributed by atoms with Gasteiger partial charge in [-0.15, -0.1) is 11.3 Å². The maximum absolute atomic E-state index is 13.5. The maximum Gasteiger partial charge on any atom is 0.491 e. The largest absolute Gasteiger partial charge is 0.491 e. The molecule has 1 unspecified atom stereocenters. The summed E-state index contributed by atoms with van der Waals surface area (Å²) in [5.41, 5.74) is -1.47. The van der Waals surface area contributed by atoms with E-state index in [9.17, 15) is 27.6 Å². The van der Waals surface area contributed by atoms with E-state index in [2.05, 4.69) is 25.0 Å². The molecule has 1 aliphatic heterocycles. The van der Waals surface area contributed by atoms with Gasteiger partial charge in [0.15, 0.2) is 0 Å². The highest BCUT2D eigenvalue weighted by atomic mass is 32.1. The van der Waals surface area contributed by atoms with Crippen LogP contribution in [0.5, 0.6) is 0 Å². The van der Waals surface area contributed by atoms with Crippen molar-refractivity contribution in [2.45, 2.75) is 18.4 Å². The summed E-state index contributed by atoms with van der Waals surface area (Å²) in [6.45, 7) is -0.230. The van der Waals surface area contributed by atoms with Gasteiger partial charge < -0.3 is 14.5 Å². The van der Waals surface area contributed by atoms with E-state index in [0.29, 0.717) is 10.5 Å². The number of ether oxygens (including phenoxy) is 2. The minimum atomic E-state index is -5.34. The van der Waals surface area contributed by atoms with Crippen molar-refractivity contribution in [2.75, 3.05) is 12.4 Å². The van der Waals surface area contributed by atoms with Crippen LogP contribution in [-0.2, 0) is 26.5 Å². The van der Waals surface area contributed by atoms with Gasteiger partial charge in [0.2, 0.25) is 11.7 Å². The maximum atomic E-state index is 13.5. The molecule has 0 bridgehead atoms. The van der Waals surface area contributed by atoms with Gasteiger partial charge in [0.05, 0.1) is 24.7 Å². The zero-order valence-electron chi connectivity index (χ0n) is 18.8. The van der Waals surface area contributed by atoms with Gasteiger partial charge in [0.1, 0.15) is 5.01 Å². The van der Waals surface area contributed by atoms with E-state index in [1.807, 2.05) is 0 Å². The molecule has 0 fully saturated rings. The number of aromatic amines is 1. The molecule has 0 spiro atoms. The number of benzene rings is 2. The molecule has 2 N–H and O–H groups in total. The third-order valence-corrected chi connectivity index (χ3v) is 6.44. The van der Waals surface area contributed by atoms with E-state index in [1.54, 1.807) is 11.4 Å². The van der Waals surface area contributed by atoms with Crippen LogP contribution in [0.1, 0.15) is 26.5 Å². The summed E-state index contributed by atoms with van der Waals surface area (Å²) in [5.74, 6) is -3.10. The van der Waals surface area contributed by atoms with E-state index in [-0.39, 0.29) is 34.7 Å². The van der Waals surface area contributed by atoms with Gasteiger partial charge in [-0.25, -0.2) is 19.6 Å². The number of hydrogen-bond donors (Lipinski definition) is 2. The predicted octanol–water partition coefficient (Wildman–Crippen LogP) is 4.16. The molecule has 10 nitrogen and oxygen atoms in total. The van der Waals surface area contributed by atoms with Crippen molar-refractivity contribution in [1.82, 2.24) is 19.9 Å². The van der Waals surface area contributed by atoms with Gasteiger partial charge in [-0.1, -0.05) is 24.3 Å². The van der Waals surface area contributed by atoms with Crippen LogP contribution in [0.25, 0.3) is 11.0 Å². The van der Waals surface area contributed by atoms with Crippen LogP contribution in [0, 0.1) is 0 Å². The Kier molecular flexibility index (Phi) is 5.82. The summed E-state index contributed by atoms with van der Waals surface area (Å²) in [4.78, 5) is 49.6. The predicted molar refractivity (Wildman–Crippen MR) is 123 cm³/mol. The normalized spacial score (nSPS) is 17.1. The smallest absolute Gasteiger partial charge is 0.453 e. The molecular formula is C23H16F3N5O5S. The molecule has 2 amide bonds. The number of aromatic nitrogens is 3. The molecule has 4 aromatic rings. The number of rotatable bonds is 5. The van der Waals surface area contributed by atoms with Crippen molar-refractivity contribution in [3.05, 3.63) is 75.7 Å². The molecule has 37 heavy (non-hydrogen) atoms. The van der Waals surface area contributed by atoms with Crippen LogP contribution in [0.2, 0.25) is 0 Å². The number of imidazole rings is 1. The number of halogens is 3. The lowest BCUT2D eigenvalue weighted by molar-refractivity contribution is -0.222. The number of thiazole rings is 1. The minimum absolute atomic E-state index is 0.0166. The molecular weight excluding hydrogens is 515 g/mol. The standard InChI is InChI=1S/C23H16F3N5O5S/c1-35-21(34)30-20-28-15-7-6-12(10-16(15)29-20)22(36-19(33)23(24,25)26)14-5-3-2-4-13(14)18(32)31(22)11-17-27-8-9-37-17/h2-10H,11H2,1H3,(H2,28,29,30,34). The van der Waals surface area contributed by atoms with E-state index < -0.39 is 29.9 Å². The number of H-pyrrole nitrogens is 1. The second-order valence-corrected chi connectivity index (χ2v) is 8.81. The fourth-order valence-corrected chi connectivity index (χ4v) is 4.75. The van der Waals surface area contributed by atoms with Crippen LogP contribution in [0.15, 0.2) is 54.0 Å².